The maximum Gasteiger partial charge on any atom is 0.0412 e. The van der Waals surface area contributed by atoms with E-state index < -0.39 is 0 Å². The number of halogens is 1. The van der Waals surface area contributed by atoms with Gasteiger partial charge in [-0.25, -0.2) is 0 Å². The van der Waals surface area contributed by atoms with E-state index in [2.05, 4.69) is 49.6 Å². The van der Waals surface area contributed by atoms with Crippen LogP contribution in [-0.4, -0.2) is 7.05 Å². The van der Waals surface area contributed by atoms with Gasteiger partial charge in [0.05, 0.1) is 0 Å². The van der Waals surface area contributed by atoms with Gasteiger partial charge in [-0.15, -0.1) is 0 Å². The SMILES string of the molecule is CNC1CCCc2ccc(-c3cc(Cl)ccc3C)cc21. The molecule has 2 aromatic rings. The Morgan fingerprint density at radius 3 is 2.80 bits per heavy atom. The Labute approximate surface area is 126 Å². The van der Waals surface area contributed by atoms with Gasteiger partial charge >= 0.3 is 0 Å². The number of hydrogen-bond donors (Lipinski definition) is 1. The first-order chi connectivity index (χ1) is 9.69. The molecule has 1 atom stereocenters. The van der Waals surface area contributed by atoms with E-state index >= 15 is 0 Å². The van der Waals surface area contributed by atoms with Gasteiger partial charge < -0.3 is 5.32 Å². The van der Waals surface area contributed by atoms with Crippen LogP contribution in [-0.2, 0) is 6.42 Å². The molecule has 104 valence electrons. The van der Waals surface area contributed by atoms with E-state index in [1.165, 1.54) is 47.1 Å². The second kappa shape index (κ2) is 5.59. The lowest BCUT2D eigenvalue weighted by Gasteiger charge is -2.26. The normalized spacial score (nSPS) is 17.9. The maximum atomic E-state index is 6.15. The maximum absolute atomic E-state index is 6.15. The van der Waals surface area contributed by atoms with Gasteiger partial charge in [-0.1, -0.05) is 29.8 Å². The molecule has 0 radical (unpaired) electrons. The molecule has 0 fully saturated rings. The van der Waals surface area contributed by atoms with Gasteiger partial charge in [0.2, 0.25) is 0 Å². The highest BCUT2D eigenvalue weighted by Gasteiger charge is 2.19. The van der Waals surface area contributed by atoms with Gasteiger partial charge in [-0.05, 0) is 79.3 Å². The smallest absolute Gasteiger partial charge is 0.0412 e. The average Bonchev–Trinajstić information content (AvgIpc) is 2.48. The number of fused-ring (bicyclic) bond motifs is 1. The van der Waals surface area contributed by atoms with Crippen molar-refractivity contribution in [3.63, 3.8) is 0 Å². The summed E-state index contributed by atoms with van der Waals surface area (Å²) in [5, 5.41) is 4.24. The van der Waals surface area contributed by atoms with Gasteiger partial charge in [0.15, 0.2) is 0 Å². The summed E-state index contributed by atoms with van der Waals surface area (Å²) in [4.78, 5) is 0. The molecule has 0 aliphatic heterocycles. The molecule has 20 heavy (non-hydrogen) atoms. The monoisotopic (exact) mass is 285 g/mol. The first-order valence-electron chi connectivity index (χ1n) is 7.25. The molecule has 1 aliphatic carbocycles. The molecule has 0 bridgehead atoms. The Morgan fingerprint density at radius 1 is 1.15 bits per heavy atom. The first kappa shape index (κ1) is 13.7. The summed E-state index contributed by atoms with van der Waals surface area (Å²) < 4.78 is 0. The van der Waals surface area contributed by atoms with Crippen LogP contribution in [0.25, 0.3) is 11.1 Å². The predicted octanol–water partition coefficient (Wildman–Crippen LogP) is 4.91. The number of nitrogens with one attached hydrogen (secondary N) is 1. The molecule has 2 aromatic carbocycles. The molecule has 0 saturated heterocycles. The fourth-order valence-electron chi connectivity index (χ4n) is 3.17. The largest absolute Gasteiger partial charge is 0.313 e. The van der Waals surface area contributed by atoms with Crippen molar-refractivity contribution >= 4 is 11.6 Å². The summed E-state index contributed by atoms with van der Waals surface area (Å²) in [6.45, 7) is 2.14. The molecule has 1 N–H and O–H groups in total. The van der Waals surface area contributed by atoms with Crippen LogP contribution in [0.4, 0.5) is 0 Å². The van der Waals surface area contributed by atoms with Crippen molar-refractivity contribution in [3.05, 3.63) is 58.1 Å². The summed E-state index contributed by atoms with van der Waals surface area (Å²) in [5.41, 5.74) is 6.72. The molecule has 0 saturated carbocycles. The number of aryl methyl sites for hydroxylation is 2. The lowest BCUT2D eigenvalue weighted by atomic mass is 9.85. The molecular weight excluding hydrogens is 266 g/mol. The van der Waals surface area contributed by atoms with E-state index in [0.717, 1.165) is 5.02 Å². The number of hydrogen-bond acceptors (Lipinski definition) is 1. The quantitative estimate of drug-likeness (QED) is 0.826. The fourth-order valence-corrected chi connectivity index (χ4v) is 3.34. The molecule has 0 heterocycles. The van der Waals surface area contributed by atoms with Crippen molar-refractivity contribution in [2.75, 3.05) is 7.05 Å². The Morgan fingerprint density at radius 2 is 2.00 bits per heavy atom. The van der Waals surface area contributed by atoms with Crippen LogP contribution in [0.5, 0.6) is 0 Å². The van der Waals surface area contributed by atoms with Crippen molar-refractivity contribution in [1.29, 1.82) is 0 Å². The van der Waals surface area contributed by atoms with E-state index in [9.17, 15) is 0 Å². The third-order valence-electron chi connectivity index (χ3n) is 4.32. The minimum atomic E-state index is 0.484. The summed E-state index contributed by atoms with van der Waals surface area (Å²) in [7, 11) is 2.05. The van der Waals surface area contributed by atoms with Crippen molar-refractivity contribution in [3.8, 4) is 11.1 Å². The van der Waals surface area contributed by atoms with Gasteiger partial charge in [-0.2, -0.15) is 0 Å². The van der Waals surface area contributed by atoms with Crippen molar-refractivity contribution in [2.45, 2.75) is 32.2 Å². The van der Waals surface area contributed by atoms with Crippen molar-refractivity contribution in [2.24, 2.45) is 0 Å². The zero-order valence-electron chi connectivity index (χ0n) is 12.0. The molecule has 1 aliphatic rings. The predicted molar refractivity (Wildman–Crippen MR) is 86.4 cm³/mol. The Bertz CT molecular complexity index is 633. The van der Waals surface area contributed by atoms with Crippen LogP contribution in [0.15, 0.2) is 36.4 Å². The lowest BCUT2D eigenvalue weighted by molar-refractivity contribution is 0.497. The third-order valence-corrected chi connectivity index (χ3v) is 4.55. The lowest BCUT2D eigenvalue weighted by Crippen LogP contribution is -2.21. The van der Waals surface area contributed by atoms with Crippen LogP contribution in [0, 0.1) is 6.92 Å². The summed E-state index contributed by atoms with van der Waals surface area (Å²) in [6, 6.07) is 13.5. The Kier molecular flexibility index (Phi) is 3.82. The molecule has 2 heteroatoms. The van der Waals surface area contributed by atoms with E-state index in [1.807, 2.05) is 6.07 Å². The fraction of sp³-hybridized carbons (Fsp3) is 0.333. The zero-order valence-corrected chi connectivity index (χ0v) is 12.8. The van der Waals surface area contributed by atoms with Crippen LogP contribution in [0.3, 0.4) is 0 Å². The summed E-state index contributed by atoms with van der Waals surface area (Å²) >= 11 is 6.15. The van der Waals surface area contributed by atoms with E-state index in [0.29, 0.717) is 6.04 Å². The topological polar surface area (TPSA) is 12.0 Å². The molecule has 0 amide bonds. The van der Waals surface area contributed by atoms with Crippen molar-refractivity contribution < 1.29 is 0 Å². The van der Waals surface area contributed by atoms with Crippen LogP contribution in [0.2, 0.25) is 5.02 Å². The van der Waals surface area contributed by atoms with E-state index in [4.69, 9.17) is 11.6 Å². The van der Waals surface area contributed by atoms with Gasteiger partial charge in [0, 0.05) is 11.1 Å². The molecule has 1 nitrogen and oxygen atoms in total. The highest BCUT2D eigenvalue weighted by molar-refractivity contribution is 6.30. The number of rotatable bonds is 2. The highest BCUT2D eigenvalue weighted by atomic mass is 35.5. The molecule has 1 unspecified atom stereocenters. The van der Waals surface area contributed by atoms with Gasteiger partial charge in [0.1, 0.15) is 0 Å². The zero-order chi connectivity index (χ0) is 14.1. The third kappa shape index (κ3) is 2.48. The minimum absolute atomic E-state index is 0.484. The second-order valence-corrected chi connectivity index (χ2v) is 6.04. The first-order valence-corrected chi connectivity index (χ1v) is 7.63. The van der Waals surface area contributed by atoms with Gasteiger partial charge in [0.25, 0.3) is 0 Å². The standard InChI is InChI=1S/C18H20ClN/c1-12-6-9-15(19)11-16(12)14-8-7-13-4-3-5-18(20-2)17(13)10-14/h6-11,18,20H,3-5H2,1-2H3. The van der Waals surface area contributed by atoms with Crippen LogP contribution < -0.4 is 5.32 Å². The minimum Gasteiger partial charge on any atom is -0.313 e. The highest BCUT2D eigenvalue weighted by Crippen LogP contribution is 2.34. The van der Waals surface area contributed by atoms with Gasteiger partial charge in [-0.3, -0.25) is 0 Å². The number of benzene rings is 2. The summed E-state index contributed by atoms with van der Waals surface area (Å²) in [5.74, 6) is 0. The molecule has 0 spiro atoms. The summed E-state index contributed by atoms with van der Waals surface area (Å²) in [6.07, 6.45) is 3.69. The Balaban J connectivity index is 2.09. The van der Waals surface area contributed by atoms with Crippen LogP contribution in [0.1, 0.15) is 35.6 Å². The Hall–Kier alpha value is -1.31. The second-order valence-electron chi connectivity index (χ2n) is 5.61. The van der Waals surface area contributed by atoms with Crippen molar-refractivity contribution in [1.82, 2.24) is 5.32 Å². The molecule has 3 rings (SSSR count). The molecular formula is C18H20ClN. The average molecular weight is 286 g/mol. The van der Waals surface area contributed by atoms with E-state index in [-0.39, 0.29) is 0 Å². The molecule has 0 aromatic heterocycles. The van der Waals surface area contributed by atoms with E-state index in [1.54, 1.807) is 0 Å². The van der Waals surface area contributed by atoms with Crippen LogP contribution >= 0.6 is 11.6 Å².